The fraction of sp³-hybridized carbons (Fsp3) is 0.278. The summed E-state index contributed by atoms with van der Waals surface area (Å²) in [4.78, 5) is 12.4. The first-order valence-electron chi connectivity index (χ1n) is 8.02. The number of anilines is 1. The average molecular weight is 415 g/mol. The smallest absolute Gasteiger partial charge is 0.246 e. The summed E-state index contributed by atoms with van der Waals surface area (Å²) in [5.41, 5.74) is 1.65. The molecule has 0 bridgehead atoms. The van der Waals surface area contributed by atoms with Gasteiger partial charge in [0.1, 0.15) is 10.9 Å². The van der Waals surface area contributed by atoms with Gasteiger partial charge >= 0.3 is 0 Å². The Morgan fingerprint density at radius 3 is 2.15 bits per heavy atom. The molecule has 0 radical (unpaired) electrons. The van der Waals surface area contributed by atoms with Gasteiger partial charge < -0.3 is 5.32 Å². The van der Waals surface area contributed by atoms with E-state index in [2.05, 4.69) is 5.32 Å². The normalized spacial score (nSPS) is 12.8. The second-order valence-corrected chi connectivity index (χ2v) is 8.43. The lowest BCUT2D eigenvalue weighted by Crippen LogP contribution is -2.45. The summed E-state index contributed by atoms with van der Waals surface area (Å²) >= 11 is 12.1. The van der Waals surface area contributed by atoms with Crippen LogP contribution < -0.4 is 5.32 Å². The summed E-state index contributed by atoms with van der Waals surface area (Å²) in [6.07, 6.45) is 0. The summed E-state index contributed by atoms with van der Waals surface area (Å²) in [6.45, 7) is 5.20. The van der Waals surface area contributed by atoms with Crippen molar-refractivity contribution in [2.45, 2.75) is 31.7 Å². The summed E-state index contributed by atoms with van der Waals surface area (Å²) in [7, 11) is -4.05. The predicted octanol–water partition coefficient (Wildman–Crippen LogP) is 4.34. The highest BCUT2D eigenvalue weighted by Crippen LogP contribution is 2.32. The second kappa shape index (κ2) is 8.39. The number of nitrogens with zero attached hydrogens (tertiary/aromatic N) is 1. The summed E-state index contributed by atoms with van der Waals surface area (Å²) in [5, 5.41) is 2.76. The molecule has 0 heterocycles. The van der Waals surface area contributed by atoms with Crippen LogP contribution in [0.1, 0.15) is 19.4 Å². The monoisotopic (exact) mass is 414 g/mol. The molecule has 0 saturated carbocycles. The standard InChI is InChI=1S/C18H20Cl2N2O3S/c1-4-22(26(24,25)17-15(19)6-5-7-16(17)20)13(3)18(23)21-14-10-8-12(2)9-11-14/h5-11,13H,4H2,1-3H3,(H,21,23)/t13-/m0/s1. The van der Waals surface area contributed by atoms with Crippen molar-refractivity contribution in [3.8, 4) is 0 Å². The van der Waals surface area contributed by atoms with Crippen molar-refractivity contribution in [3.05, 3.63) is 58.1 Å². The van der Waals surface area contributed by atoms with E-state index in [1.165, 1.54) is 19.1 Å². The van der Waals surface area contributed by atoms with Crippen molar-refractivity contribution >= 4 is 44.8 Å². The highest BCUT2D eigenvalue weighted by molar-refractivity contribution is 7.89. The number of amides is 1. The first-order chi connectivity index (χ1) is 12.2. The van der Waals surface area contributed by atoms with Crippen LogP contribution in [0.15, 0.2) is 47.4 Å². The van der Waals surface area contributed by atoms with Crippen LogP contribution in [0.2, 0.25) is 10.0 Å². The molecule has 0 aliphatic rings. The lowest BCUT2D eigenvalue weighted by molar-refractivity contribution is -0.119. The van der Waals surface area contributed by atoms with Gasteiger partial charge in [-0.1, -0.05) is 53.9 Å². The van der Waals surface area contributed by atoms with Gasteiger partial charge in [-0.15, -0.1) is 0 Å². The third-order valence-electron chi connectivity index (χ3n) is 3.93. The first-order valence-corrected chi connectivity index (χ1v) is 10.2. The molecular weight excluding hydrogens is 395 g/mol. The molecule has 0 saturated heterocycles. The lowest BCUT2D eigenvalue weighted by atomic mass is 10.2. The molecule has 0 aliphatic carbocycles. The van der Waals surface area contributed by atoms with Gasteiger partial charge in [-0.25, -0.2) is 8.42 Å². The Hall–Kier alpha value is -1.60. The van der Waals surface area contributed by atoms with Crippen molar-refractivity contribution in [2.24, 2.45) is 0 Å². The molecule has 0 fully saturated rings. The number of sulfonamides is 1. The molecule has 1 N–H and O–H groups in total. The highest BCUT2D eigenvalue weighted by Gasteiger charge is 2.34. The van der Waals surface area contributed by atoms with Crippen molar-refractivity contribution in [1.29, 1.82) is 0 Å². The Labute approximate surface area is 164 Å². The van der Waals surface area contributed by atoms with E-state index in [1.54, 1.807) is 25.1 Å². The van der Waals surface area contributed by atoms with Crippen molar-refractivity contribution in [2.75, 3.05) is 11.9 Å². The number of hydrogen-bond acceptors (Lipinski definition) is 3. The number of nitrogens with one attached hydrogen (secondary N) is 1. The molecule has 0 aliphatic heterocycles. The van der Waals surface area contributed by atoms with Gasteiger partial charge in [-0.05, 0) is 38.1 Å². The number of likely N-dealkylation sites (N-methyl/N-ethyl adjacent to an activating group) is 1. The third kappa shape index (κ3) is 4.38. The number of halogens is 2. The predicted molar refractivity (Wildman–Crippen MR) is 105 cm³/mol. The molecule has 2 aromatic rings. The largest absolute Gasteiger partial charge is 0.325 e. The van der Waals surface area contributed by atoms with Crippen LogP contribution in [0.4, 0.5) is 5.69 Å². The first kappa shape index (κ1) is 20.7. The van der Waals surface area contributed by atoms with E-state index in [0.29, 0.717) is 5.69 Å². The molecule has 0 aromatic heterocycles. The Kier molecular flexibility index (Phi) is 6.69. The molecule has 2 rings (SSSR count). The third-order valence-corrected chi connectivity index (χ3v) is 6.93. The molecule has 5 nitrogen and oxygen atoms in total. The zero-order chi connectivity index (χ0) is 19.5. The Morgan fingerprint density at radius 1 is 1.12 bits per heavy atom. The number of carbonyl (C=O) groups excluding carboxylic acids is 1. The van der Waals surface area contributed by atoms with Crippen molar-refractivity contribution < 1.29 is 13.2 Å². The van der Waals surface area contributed by atoms with E-state index < -0.39 is 22.0 Å². The number of hydrogen-bond donors (Lipinski definition) is 1. The minimum Gasteiger partial charge on any atom is -0.325 e. The molecule has 140 valence electrons. The summed E-state index contributed by atoms with van der Waals surface area (Å²) in [6, 6.07) is 10.8. The van der Waals surface area contributed by atoms with Crippen LogP contribution in [0, 0.1) is 6.92 Å². The van der Waals surface area contributed by atoms with E-state index >= 15 is 0 Å². The number of aryl methyl sites for hydroxylation is 1. The molecule has 2 aromatic carbocycles. The van der Waals surface area contributed by atoms with Gasteiger partial charge in [0.25, 0.3) is 0 Å². The molecular formula is C18H20Cl2N2O3S. The van der Waals surface area contributed by atoms with E-state index in [4.69, 9.17) is 23.2 Å². The van der Waals surface area contributed by atoms with Crippen LogP contribution in [-0.4, -0.2) is 31.2 Å². The van der Waals surface area contributed by atoms with Gasteiger partial charge in [0.15, 0.2) is 0 Å². The summed E-state index contributed by atoms with van der Waals surface area (Å²) < 4.78 is 27.1. The topological polar surface area (TPSA) is 66.5 Å². The van der Waals surface area contributed by atoms with E-state index in [1.807, 2.05) is 19.1 Å². The molecule has 0 spiro atoms. The maximum Gasteiger partial charge on any atom is 0.246 e. The van der Waals surface area contributed by atoms with E-state index in [0.717, 1.165) is 9.87 Å². The zero-order valence-electron chi connectivity index (χ0n) is 14.7. The minimum atomic E-state index is -4.05. The second-order valence-electron chi connectivity index (χ2n) is 5.79. The molecule has 26 heavy (non-hydrogen) atoms. The van der Waals surface area contributed by atoms with Crippen LogP contribution >= 0.6 is 23.2 Å². The maximum absolute atomic E-state index is 13.0. The molecule has 1 atom stereocenters. The van der Waals surface area contributed by atoms with E-state index in [9.17, 15) is 13.2 Å². The zero-order valence-corrected chi connectivity index (χ0v) is 17.0. The van der Waals surface area contributed by atoms with Crippen LogP contribution in [0.25, 0.3) is 0 Å². The van der Waals surface area contributed by atoms with E-state index in [-0.39, 0.29) is 21.5 Å². The number of carbonyl (C=O) groups is 1. The minimum absolute atomic E-state index is 0.0158. The van der Waals surface area contributed by atoms with Gasteiger partial charge in [-0.3, -0.25) is 4.79 Å². The van der Waals surface area contributed by atoms with Gasteiger partial charge in [0, 0.05) is 12.2 Å². The van der Waals surface area contributed by atoms with Crippen LogP contribution in [0.5, 0.6) is 0 Å². The lowest BCUT2D eigenvalue weighted by Gasteiger charge is -2.27. The van der Waals surface area contributed by atoms with Crippen molar-refractivity contribution in [1.82, 2.24) is 4.31 Å². The average Bonchev–Trinajstić information content (AvgIpc) is 2.56. The summed E-state index contributed by atoms with van der Waals surface area (Å²) in [5.74, 6) is -0.442. The molecule has 8 heteroatoms. The number of benzene rings is 2. The van der Waals surface area contributed by atoms with Crippen LogP contribution in [0.3, 0.4) is 0 Å². The quantitative estimate of drug-likeness (QED) is 0.763. The van der Waals surface area contributed by atoms with Gasteiger partial charge in [0.2, 0.25) is 15.9 Å². The highest BCUT2D eigenvalue weighted by atomic mass is 35.5. The van der Waals surface area contributed by atoms with Crippen molar-refractivity contribution in [3.63, 3.8) is 0 Å². The van der Waals surface area contributed by atoms with Gasteiger partial charge in [-0.2, -0.15) is 4.31 Å². The molecule has 1 amide bonds. The Morgan fingerprint density at radius 2 is 1.65 bits per heavy atom. The Balaban J connectivity index is 2.31. The van der Waals surface area contributed by atoms with Crippen LogP contribution in [-0.2, 0) is 14.8 Å². The fourth-order valence-corrected chi connectivity index (χ4v) is 5.21. The number of rotatable bonds is 6. The maximum atomic E-state index is 13.0. The Bertz CT molecular complexity index is 879. The SMILES string of the molecule is CCN([C@@H](C)C(=O)Nc1ccc(C)cc1)S(=O)(=O)c1c(Cl)cccc1Cl. The van der Waals surface area contributed by atoms with Gasteiger partial charge in [0.05, 0.1) is 10.0 Å². The molecule has 0 unspecified atom stereocenters. The fourth-order valence-electron chi connectivity index (χ4n) is 2.51.